The molecule has 0 fully saturated rings. The molecule has 0 saturated heterocycles. The lowest BCUT2D eigenvalue weighted by Gasteiger charge is -2.35. The Morgan fingerprint density at radius 1 is 0.917 bits per heavy atom. The fraction of sp³-hybridized carbons (Fsp3) is 0.333. The van der Waals surface area contributed by atoms with Crippen LogP contribution in [0.4, 0.5) is 4.39 Å². The van der Waals surface area contributed by atoms with E-state index in [1.54, 1.807) is 26.1 Å². The maximum atomic E-state index is 14.0. The fourth-order valence-electron chi connectivity index (χ4n) is 4.53. The zero-order chi connectivity index (χ0) is 26.1. The molecule has 0 aromatic heterocycles. The van der Waals surface area contributed by atoms with Gasteiger partial charge in [0.15, 0.2) is 0 Å². The van der Waals surface area contributed by atoms with Crippen molar-refractivity contribution in [3.8, 4) is 0 Å². The average molecular weight is 492 g/mol. The number of hydrogen-bond donors (Lipinski definition) is 1. The summed E-state index contributed by atoms with van der Waals surface area (Å²) >= 11 is 0. The number of halogens is 1. The van der Waals surface area contributed by atoms with Gasteiger partial charge in [0.05, 0.1) is 25.2 Å². The minimum atomic E-state index is -0.891. The summed E-state index contributed by atoms with van der Waals surface area (Å²) in [6.45, 7) is 1.79. The second kappa shape index (κ2) is 13.0. The maximum Gasteiger partial charge on any atom is 0.305 e. The van der Waals surface area contributed by atoms with Crippen molar-refractivity contribution in [2.75, 3.05) is 14.2 Å². The van der Waals surface area contributed by atoms with Gasteiger partial charge in [-0.25, -0.2) is 4.39 Å². The molecule has 0 aliphatic carbocycles. The first-order valence-corrected chi connectivity index (χ1v) is 12.2. The molecule has 0 aliphatic rings. The van der Waals surface area contributed by atoms with Crippen LogP contribution in [0, 0.1) is 11.7 Å². The number of benzene rings is 3. The third kappa shape index (κ3) is 7.01. The van der Waals surface area contributed by atoms with E-state index in [2.05, 4.69) is 0 Å². The highest BCUT2D eigenvalue weighted by atomic mass is 19.1. The first-order valence-electron chi connectivity index (χ1n) is 12.2. The quantitative estimate of drug-likeness (QED) is 0.370. The average Bonchev–Trinajstić information content (AvgIpc) is 2.92. The van der Waals surface area contributed by atoms with Crippen LogP contribution in [0.25, 0.3) is 0 Å². The van der Waals surface area contributed by atoms with Crippen molar-refractivity contribution >= 4 is 11.9 Å². The number of amides is 1. The van der Waals surface area contributed by atoms with Crippen molar-refractivity contribution in [1.82, 2.24) is 4.90 Å². The van der Waals surface area contributed by atoms with Crippen LogP contribution in [0.15, 0.2) is 84.9 Å². The summed E-state index contributed by atoms with van der Waals surface area (Å²) in [4.78, 5) is 27.9. The van der Waals surface area contributed by atoms with Crippen LogP contribution in [0.1, 0.15) is 48.5 Å². The normalized spacial score (nSPS) is 14.4. The smallest absolute Gasteiger partial charge is 0.305 e. The molecule has 4 atom stereocenters. The van der Waals surface area contributed by atoms with Gasteiger partial charge in [-0.3, -0.25) is 9.59 Å². The molecular weight excluding hydrogens is 457 g/mol. The van der Waals surface area contributed by atoms with E-state index in [0.29, 0.717) is 24.0 Å². The van der Waals surface area contributed by atoms with Gasteiger partial charge < -0.3 is 14.7 Å². The monoisotopic (exact) mass is 491 g/mol. The number of hydrogen-bond acceptors (Lipinski definition) is 4. The van der Waals surface area contributed by atoms with Gasteiger partial charge in [0, 0.05) is 13.5 Å². The molecule has 0 radical (unpaired) electrons. The molecule has 190 valence electrons. The van der Waals surface area contributed by atoms with Crippen LogP contribution in [-0.2, 0) is 20.7 Å². The van der Waals surface area contributed by atoms with Gasteiger partial charge in [0.1, 0.15) is 5.82 Å². The topological polar surface area (TPSA) is 66.8 Å². The number of likely N-dealkylation sites (N-methyl/N-ethyl adjacent to an activating group) is 1. The summed E-state index contributed by atoms with van der Waals surface area (Å²) in [5, 5.41) is 11.0. The lowest BCUT2D eigenvalue weighted by atomic mass is 9.79. The number of aliphatic hydroxyl groups excluding tert-OH is 1. The minimum Gasteiger partial charge on any atom is -0.469 e. The molecule has 0 bridgehead atoms. The van der Waals surface area contributed by atoms with Crippen LogP contribution in [0.3, 0.4) is 0 Å². The molecule has 0 heterocycles. The SMILES string of the molecule is COC(=O)C[C@@H](CCc1ccccc1)[C@@H](C(=O)N(C)[C@H](C)[C@H](O)c1ccccc1)c1ccc(F)cc1. The second-order valence-electron chi connectivity index (χ2n) is 9.14. The number of esters is 1. The zero-order valence-electron chi connectivity index (χ0n) is 21.0. The van der Waals surface area contributed by atoms with E-state index in [-0.39, 0.29) is 18.2 Å². The van der Waals surface area contributed by atoms with E-state index in [1.165, 1.54) is 24.1 Å². The van der Waals surface area contributed by atoms with Crippen molar-refractivity contribution in [3.05, 3.63) is 107 Å². The Labute approximate surface area is 212 Å². The number of carbonyl (C=O) groups is 2. The lowest BCUT2D eigenvalue weighted by Crippen LogP contribution is -2.43. The van der Waals surface area contributed by atoms with E-state index in [9.17, 15) is 19.1 Å². The largest absolute Gasteiger partial charge is 0.469 e. The Morgan fingerprint density at radius 2 is 1.50 bits per heavy atom. The molecule has 0 unspecified atom stereocenters. The second-order valence-corrected chi connectivity index (χ2v) is 9.14. The number of aliphatic hydroxyl groups is 1. The van der Waals surface area contributed by atoms with Crippen molar-refractivity contribution < 1.29 is 23.8 Å². The Morgan fingerprint density at radius 3 is 2.08 bits per heavy atom. The molecular formula is C30H34FNO4. The fourth-order valence-corrected chi connectivity index (χ4v) is 4.53. The first kappa shape index (κ1) is 27.1. The summed E-state index contributed by atoms with van der Waals surface area (Å²) < 4.78 is 18.7. The van der Waals surface area contributed by atoms with E-state index < -0.39 is 29.9 Å². The number of rotatable bonds is 11. The van der Waals surface area contributed by atoms with Crippen LogP contribution < -0.4 is 0 Å². The molecule has 5 nitrogen and oxygen atoms in total. The van der Waals surface area contributed by atoms with Gasteiger partial charge in [0.2, 0.25) is 5.91 Å². The Bertz CT molecular complexity index is 1100. The van der Waals surface area contributed by atoms with Crippen molar-refractivity contribution in [2.24, 2.45) is 5.92 Å². The third-order valence-corrected chi connectivity index (χ3v) is 6.83. The number of carbonyl (C=O) groups excluding carboxylic acids is 2. The van der Waals surface area contributed by atoms with Gasteiger partial charge in [-0.2, -0.15) is 0 Å². The summed E-state index contributed by atoms with van der Waals surface area (Å²) in [5.41, 5.74) is 2.42. The molecule has 1 N–H and O–H groups in total. The van der Waals surface area contributed by atoms with Gasteiger partial charge in [-0.15, -0.1) is 0 Å². The minimum absolute atomic E-state index is 0.0422. The van der Waals surface area contributed by atoms with Gasteiger partial charge in [0.25, 0.3) is 0 Å². The summed E-state index contributed by atoms with van der Waals surface area (Å²) in [6, 6.07) is 24.3. The molecule has 3 aromatic carbocycles. The number of aryl methyl sites for hydroxylation is 1. The Hall–Kier alpha value is -3.51. The molecule has 0 saturated carbocycles. The maximum absolute atomic E-state index is 14.0. The summed E-state index contributed by atoms with van der Waals surface area (Å²) in [5.74, 6) is -2.16. The first-order chi connectivity index (χ1) is 17.3. The van der Waals surface area contributed by atoms with Crippen LogP contribution in [0.5, 0.6) is 0 Å². The Balaban J connectivity index is 1.94. The predicted octanol–water partition coefficient (Wildman–Crippen LogP) is 5.30. The summed E-state index contributed by atoms with van der Waals surface area (Å²) in [6.07, 6.45) is 0.369. The van der Waals surface area contributed by atoms with Crippen LogP contribution >= 0.6 is 0 Å². The van der Waals surface area contributed by atoms with Gasteiger partial charge in [-0.1, -0.05) is 72.8 Å². The molecule has 3 rings (SSSR count). The van der Waals surface area contributed by atoms with E-state index in [4.69, 9.17) is 4.74 Å². The molecule has 0 spiro atoms. The van der Waals surface area contributed by atoms with E-state index >= 15 is 0 Å². The highest BCUT2D eigenvalue weighted by Crippen LogP contribution is 2.35. The van der Waals surface area contributed by atoms with Crippen molar-refractivity contribution in [2.45, 2.75) is 44.2 Å². The number of ether oxygens (including phenoxy) is 1. The standard InChI is InChI=1S/C30H34FNO4/c1-21(29(34)24-12-8-5-9-13-24)32(2)30(35)28(23-16-18-26(31)19-17-23)25(20-27(33)36-3)15-14-22-10-6-4-7-11-22/h4-13,16-19,21,25,28-29,34H,14-15,20H2,1-3H3/t21-,25-,28+,29+/m1/s1. The predicted molar refractivity (Wildman–Crippen MR) is 138 cm³/mol. The van der Waals surface area contributed by atoms with Crippen LogP contribution in [0.2, 0.25) is 0 Å². The van der Waals surface area contributed by atoms with Crippen LogP contribution in [-0.4, -0.2) is 42.1 Å². The van der Waals surface area contributed by atoms with Crippen molar-refractivity contribution in [3.63, 3.8) is 0 Å². The molecule has 6 heteroatoms. The molecule has 1 amide bonds. The van der Waals surface area contributed by atoms with E-state index in [0.717, 1.165) is 5.56 Å². The molecule has 36 heavy (non-hydrogen) atoms. The van der Waals surface area contributed by atoms with Crippen molar-refractivity contribution in [1.29, 1.82) is 0 Å². The molecule has 3 aromatic rings. The zero-order valence-corrected chi connectivity index (χ0v) is 21.0. The number of methoxy groups -OCH3 is 1. The highest BCUT2D eigenvalue weighted by molar-refractivity contribution is 5.85. The summed E-state index contributed by atoms with van der Waals surface area (Å²) in [7, 11) is 2.98. The van der Waals surface area contributed by atoms with E-state index in [1.807, 2.05) is 60.7 Å². The lowest BCUT2D eigenvalue weighted by molar-refractivity contribution is -0.143. The third-order valence-electron chi connectivity index (χ3n) is 6.83. The van der Waals surface area contributed by atoms with Gasteiger partial charge in [-0.05, 0) is 54.5 Å². The number of nitrogens with zero attached hydrogens (tertiary/aromatic N) is 1. The molecule has 0 aliphatic heterocycles. The Kier molecular flexibility index (Phi) is 9.77. The highest BCUT2D eigenvalue weighted by Gasteiger charge is 2.36. The van der Waals surface area contributed by atoms with Gasteiger partial charge >= 0.3 is 5.97 Å².